The second kappa shape index (κ2) is 3.04. The quantitative estimate of drug-likeness (QED) is 0.282. The fourth-order valence-electron chi connectivity index (χ4n) is 0.322. The first-order chi connectivity index (χ1) is 4.09. The zero-order chi connectivity index (χ0) is 7.44. The lowest BCUT2D eigenvalue weighted by Gasteiger charge is -2.06. The van der Waals surface area contributed by atoms with E-state index in [2.05, 4.69) is 13.2 Å². The maximum Gasteiger partial charge on any atom is 0.119 e. The van der Waals surface area contributed by atoms with Gasteiger partial charge in [0.25, 0.3) is 0 Å². The Balaban J connectivity index is 4.03. The van der Waals surface area contributed by atoms with E-state index in [-0.39, 0.29) is 11.9 Å². The van der Waals surface area contributed by atoms with Crippen molar-refractivity contribution in [3.8, 4) is 0 Å². The van der Waals surface area contributed by atoms with Crippen LogP contribution in [0.25, 0.3) is 0 Å². The molecule has 9 heavy (non-hydrogen) atoms. The summed E-state index contributed by atoms with van der Waals surface area (Å²) in [5.74, 6) is -0.0811. The number of hydrogen-bond acceptors (Lipinski definition) is 2. The predicted molar refractivity (Wildman–Crippen MR) is 39.2 cm³/mol. The lowest BCUT2D eigenvalue weighted by molar-refractivity contribution is 0.995. The van der Waals surface area contributed by atoms with Crippen LogP contribution in [0.2, 0.25) is 0 Å². The first-order valence-electron chi connectivity index (χ1n) is 2.51. The third-order valence-corrected chi connectivity index (χ3v) is 1.00. The number of nitrogens with two attached hydrogens (primary N) is 2. The van der Waals surface area contributed by atoms with Crippen molar-refractivity contribution >= 4 is 5.84 Å². The summed E-state index contributed by atoms with van der Waals surface area (Å²) >= 11 is 0. The molecular weight excluding hydrogens is 114 g/mol. The van der Waals surface area contributed by atoms with Crippen LogP contribution in [0.4, 0.5) is 0 Å². The fraction of sp³-hybridized carbons (Fsp3) is 0.167. The molecule has 0 saturated heterocycles. The third kappa shape index (κ3) is 2.10. The highest BCUT2D eigenvalue weighted by Crippen LogP contribution is 1.94. The maximum absolute atomic E-state index is 6.88. The van der Waals surface area contributed by atoms with Crippen molar-refractivity contribution in [2.45, 2.75) is 6.04 Å². The summed E-state index contributed by atoms with van der Waals surface area (Å²) in [5.41, 5.74) is 10.9. The third-order valence-electron chi connectivity index (χ3n) is 1.00. The normalized spacial score (nSPS) is 12.1. The van der Waals surface area contributed by atoms with Gasteiger partial charge >= 0.3 is 0 Å². The Labute approximate surface area is 54.5 Å². The highest BCUT2D eigenvalue weighted by Gasteiger charge is 2.03. The SMILES string of the molecule is C=CC(N)C(=C)C(=N)N. The summed E-state index contributed by atoms with van der Waals surface area (Å²) in [7, 11) is 0. The Hall–Kier alpha value is -1.09. The first kappa shape index (κ1) is 7.91. The Bertz CT molecular complexity index is 148. The molecule has 3 nitrogen and oxygen atoms in total. The van der Waals surface area contributed by atoms with Crippen molar-refractivity contribution in [1.29, 1.82) is 5.41 Å². The molecule has 0 aromatic rings. The average Bonchev–Trinajstić information content (AvgIpc) is 1.84. The molecule has 0 aliphatic rings. The molecule has 50 valence electrons. The van der Waals surface area contributed by atoms with E-state index in [1.807, 2.05) is 0 Å². The van der Waals surface area contributed by atoms with Crippen LogP contribution < -0.4 is 11.5 Å². The van der Waals surface area contributed by atoms with Crippen molar-refractivity contribution in [1.82, 2.24) is 0 Å². The molecular formula is C6H11N3. The van der Waals surface area contributed by atoms with Crippen LogP contribution >= 0.6 is 0 Å². The predicted octanol–water partition coefficient (Wildman–Crippen LogP) is -0.00813. The van der Waals surface area contributed by atoms with E-state index in [0.29, 0.717) is 5.57 Å². The highest BCUT2D eigenvalue weighted by molar-refractivity contribution is 5.95. The Morgan fingerprint density at radius 1 is 1.67 bits per heavy atom. The van der Waals surface area contributed by atoms with Crippen LogP contribution in [0.1, 0.15) is 0 Å². The van der Waals surface area contributed by atoms with Gasteiger partial charge in [0.05, 0.1) is 6.04 Å². The molecule has 1 atom stereocenters. The van der Waals surface area contributed by atoms with Gasteiger partial charge < -0.3 is 11.5 Å². The van der Waals surface area contributed by atoms with Gasteiger partial charge in [0, 0.05) is 5.57 Å². The first-order valence-corrected chi connectivity index (χ1v) is 2.51. The number of hydrogen-bond donors (Lipinski definition) is 3. The molecule has 0 aliphatic heterocycles. The van der Waals surface area contributed by atoms with E-state index < -0.39 is 0 Å². The molecule has 0 bridgehead atoms. The molecule has 0 saturated carbocycles. The Morgan fingerprint density at radius 3 is 2.22 bits per heavy atom. The lowest BCUT2D eigenvalue weighted by Crippen LogP contribution is -2.27. The lowest BCUT2D eigenvalue weighted by atomic mass is 10.1. The summed E-state index contributed by atoms with van der Waals surface area (Å²) in [5, 5.41) is 6.88. The van der Waals surface area contributed by atoms with Crippen LogP contribution in [0.3, 0.4) is 0 Å². The van der Waals surface area contributed by atoms with Gasteiger partial charge in [0.1, 0.15) is 5.84 Å². The van der Waals surface area contributed by atoms with Gasteiger partial charge in [-0.1, -0.05) is 12.7 Å². The van der Waals surface area contributed by atoms with Gasteiger partial charge in [0.2, 0.25) is 0 Å². The number of nitrogens with one attached hydrogen (secondary N) is 1. The van der Waals surface area contributed by atoms with E-state index in [9.17, 15) is 0 Å². The summed E-state index contributed by atoms with van der Waals surface area (Å²) in [6, 6.07) is -0.387. The monoisotopic (exact) mass is 125 g/mol. The summed E-state index contributed by atoms with van der Waals surface area (Å²) in [4.78, 5) is 0. The molecule has 5 N–H and O–H groups in total. The van der Waals surface area contributed by atoms with Crippen molar-refractivity contribution in [3.63, 3.8) is 0 Å². The Morgan fingerprint density at radius 2 is 2.11 bits per heavy atom. The minimum absolute atomic E-state index is 0.0811. The van der Waals surface area contributed by atoms with E-state index in [0.717, 1.165) is 0 Å². The van der Waals surface area contributed by atoms with E-state index in [1.165, 1.54) is 6.08 Å². The molecule has 0 spiro atoms. The highest BCUT2D eigenvalue weighted by atomic mass is 14.7. The minimum atomic E-state index is -0.387. The molecule has 0 rings (SSSR count). The molecule has 3 heteroatoms. The van der Waals surface area contributed by atoms with Crippen LogP contribution in [-0.4, -0.2) is 11.9 Å². The van der Waals surface area contributed by atoms with E-state index in [1.54, 1.807) is 0 Å². The molecule has 0 amide bonds. The molecule has 0 heterocycles. The van der Waals surface area contributed by atoms with Gasteiger partial charge in [-0.15, -0.1) is 6.58 Å². The second-order valence-electron chi connectivity index (χ2n) is 1.70. The van der Waals surface area contributed by atoms with Gasteiger partial charge in [-0.05, 0) is 0 Å². The van der Waals surface area contributed by atoms with Crippen LogP contribution in [0, 0.1) is 5.41 Å². The standard InChI is InChI=1S/C6H11N3/c1-3-5(7)4(2)6(8)9/h3,5H,1-2,7H2,(H3,8,9). The summed E-state index contributed by atoms with van der Waals surface area (Å²) in [6.07, 6.45) is 1.49. The second-order valence-corrected chi connectivity index (χ2v) is 1.70. The molecule has 0 radical (unpaired) electrons. The Kier molecular flexibility index (Phi) is 2.67. The van der Waals surface area contributed by atoms with Crippen molar-refractivity contribution in [3.05, 3.63) is 24.8 Å². The summed E-state index contributed by atoms with van der Waals surface area (Å²) < 4.78 is 0. The van der Waals surface area contributed by atoms with Gasteiger partial charge in [-0.2, -0.15) is 0 Å². The van der Waals surface area contributed by atoms with E-state index >= 15 is 0 Å². The van der Waals surface area contributed by atoms with Crippen molar-refractivity contribution in [2.24, 2.45) is 11.5 Å². The van der Waals surface area contributed by atoms with Gasteiger partial charge in [0.15, 0.2) is 0 Å². The molecule has 0 aliphatic carbocycles. The topological polar surface area (TPSA) is 75.9 Å². The van der Waals surface area contributed by atoms with Crippen molar-refractivity contribution in [2.75, 3.05) is 0 Å². The zero-order valence-electron chi connectivity index (χ0n) is 5.22. The molecule has 0 fully saturated rings. The molecule has 1 unspecified atom stereocenters. The number of amidine groups is 1. The van der Waals surface area contributed by atoms with Crippen LogP contribution in [-0.2, 0) is 0 Å². The molecule has 0 aromatic heterocycles. The summed E-state index contributed by atoms with van der Waals surface area (Å²) in [6.45, 7) is 6.91. The van der Waals surface area contributed by atoms with Crippen LogP contribution in [0.15, 0.2) is 24.8 Å². The number of rotatable bonds is 3. The van der Waals surface area contributed by atoms with Crippen molar-refractivity contribution < 1.29 is 0 Å². The van der Waals surface area contributed by atoms with Crippen LogP contribution in [0.5, 0.6) is 0 Å². The zero-order valence-corrected chi connectivity index (χ0v) is 5.22. The minimum Gasteiger partial charge on any atom is -0.384 e. The van der Waals surface area contributed by atoms with Gasteiger partial charge in [-0.25, -0.2) is 0 Å². The largest absolute Gasteiger partial charge is 0.384 e. The fourth-order valence-corrected chi connectivity index (χ4v) is 0.322. The van der Waals surface area contributed by atoms with E-state index in [4.69, 9.17) is 16.9 Å². The molecule has 0 aromatic carbocycles. The maximum atomic E-state index is 6.88. The smallest absolute Gasteiger partial charge is 0.119 e. The van der Waals surface area contributed by atoms with Gasteiger partial charge in [-0.3, -0.25) is 5.41 Å². The average molecular weight is 125 g/mol.